The molecule has 0 bridgehead atoms. The first-order chi connectivity index (χ1) is 69.5. The molecule has 6 aliphatic rings. The Kier molecular flexibility index (Phi) is 14.8. The summed E-state index contributed by atoms with van der Waals surface area (Å²) in [6, 6.07) is 40.6. The normalized spacial score (nSPS) is 16.7. The van der Waals surface area contributed by atoms with Gasteiger partial charge in [-0.2, -0.15) is 0 Å². The Morgan fingerprint density at radius 1 is 0.230 bits per heavy atom. The smallest absolute Gasteiger partial charge is 0.256 e. The van der Waals surface area contributed by atoms with Gasteiger partial charge in [0.2, 0.25) is 0 Å². The van der Waals surface area contributed by atoms with Gasteiger partial charge < -0.3 is 28.9 Å². The minimum Gasteiger partial charge on any atom is -0.458 e. The van der Waals surface area contributed by atoms with Crippen LogP contribution in [0.3, 0.4) is 0 Å². The van der Waals surface area contributed by atoms with E-state index in [0.717, 1.165) is 84.2 Å². The molecule has 6 nitrogen and oxygen atoms in total. The van der Waals surface area contributed by atoms with E-state index in [-0.39, 0.29) is 203 Å². The maximum atomic E-state index is 9.80. The van der Waals surface area contributed by atoms with E-state index >= 15 is 0 Å². The predicted molar refractivity (Wildman–Crippen MR) is 542 cm³/mol. The van der Waals surface area contributed by atoms with Crippen LogP contribution in [0.25, 0.3) is 22.3 Å². The van der Waals surface area contributed by atoms with Crippen molar-refractivity contribution in [1.29, 1.82) is 0 Å². The van der Waals surface area contributed by atoms with Crippen molar-refractivity contribution in [3.63, 3.8) is 0 Å². The van der Waals surface area contributed by atoms with Gasteiger partial charge in [0.15, 0.2) is 0 Å². The van der Waals surface area contributed by atoms with Gasteiger partial charge in [-0.1, -0.05) is 342 Å². The second-order valence-corrected chi connectivity index (χ2v) is 42.4. The molecule has 6 heterocycles. The van der Waals surface area contributed by atoms with E-state index in [1.807, 2.05) is 84.0 Å². The molecule has 0 fully saturated rings. The molecule has 0 saturated carbocycles. The van der Waals surface area contributed by atoms with Crippen molar-refractivity contribution < 1.29 is 47.1 Å². The van der Waals surface area contributed by atoms with Gasteiger partial charge in [-0.15, -0.1) is 0 Å². The van der Waals surface area contributed by atoms with E-state index in [1.54, 1.807) is 39.0 Å². The fraction of sp³-hybridized carbons (Fsp3) is 0.282. The molecular formula is C117H122B3N3O3. The maximum absolute atomic E-state index is 9.80. The number of nitrogens with zero attached hydrogens (tertiary/aromatic N) is 3. The summed E-state index contributed by atoms with van der Waals surface area (Å²) in [7, 11) is 0. The summed E-state index contributed by atoms with van der Waals surface area (Å²) in [4.78, 5) is 5.55. The summed E-state index contributed by atoms with van der Waals surface area (Å²) < 4.78 is 235. The molecule has 0 atom stereocenters. The lowest BCUT2D eigenvalue weighted by Crippen LogP contribution is -2.60. The summed E-state index contributed by atoms with van der Waals surface area (Å²) in [5.41, 5.74) is 15.4. The highest BCUT2D eigenvalue weighted by Crippen LogP contribution is 2.49. The van der Waals surface area contributed by atoms with Crippen LogP contribution in [0, 0.1) is 6.92 Å². The largest absolute Gasteiger partial charge is 0.458 e. The van der Waals surface area contributed by atoms with Gasteiger partial charge in [0.1, 0.15) is 34.5 Å². The molecule has 632 valence electrons. The molecule has 0 N–H and O–H groups in total. The first-order valence-corrected chi connectivity index (χ1v) is 43.7. The minimum atomic E-state index is -1.19. The SMILES string of the molecule is [2H]c1c(C(C)(C)C)cc(C(C)(C)C)c([2H])c1N1c2cc(C(C)(C)C)ccc2B2c3cc(C(C)(C)C)ccc3Oc3cccc1c32.[2H]c1c([2H])c(C(C)(C)C)c([2H])c2c1Oc1c([2H])c(C)c([2H])c3c1B2c1c([2H])c(C(C)(C)C)c([2H])c([2H])c1N3c1c([2H])c([2H])c(C(C)(C)C)c([2H])c1[2H].[2H]c1c([2H])c([2H])c(-c2ccc(N3c4ccc(-c5c([2H])c([2H])c([2H])c([2H])c5[2H])cc4B4c5ccc(C(C)(C)C)cc5Oc5cccc3c54)cc2)c([2H])c1[2H]. The topological polar surface area (TPSA) is 37.4 Å². The highest BCUT2D eigenvalue weighted by molar-refractivity contribution is 7.01. The van der Waals surface area contributed by atoms with Gasteiger partial charge in [-0.05, 0) is 281 Å². The van der Waals surface area contributed by atoms with Crippen LogP contribution in [0.15, 0.2) is 285 Å². The summed E-state index contributed by atoms with van der Waals surface area (Å²) in [6.45, 7) is 49.2. The number of anilines is 9. The van der Waals surface area contributed by atoms with Crippen LogP contribution in [0.1, 0.15) is 249 Å². The molecule has 0 unspecified atom stereocenters. The van der Waals surface area contributed by atoms with Crippen LogP contribution in [0.4, 0.5) is 51.2 Å². The van der Waals surface area contributed by atoms with Gasteiger partial charge in [0.05, 0.1) is 32.9 Å². The highest BCUT2D eigenvalue weighted by Gasteiger charge is 2.47. The van der Waals surface area contributed by atoms with Gasteiger partial charge in [-0.25, -0.2) is 0 Å². The van der Waals surface area contributed by atoms with Crippen LogP contribution < -0.4 is 78.1 Å². The Hall–Kier alpha value is -11.9. The summed E-state index contributed by atoms with van der Waals surface area (Å²) in [5.74, 6) is 2.89. The summed E-state index contributed by atoms with van der Waals surface area (Å²) in [6.07, 6.45) is 0. The highest BCUT2D eigenvalue weighted by atomic mass is 16.5. The zero-order chi connectivity index (χ0) is 110. The maximum Gasteiger partial charge on any atom is 0.256 e. The van der Waals surface area contributed by atoms with Crippen LogP contribution in [0.2, 0.25) is 0 Å². The first-order valence-electron chi connectivity index (χ1n) is 55.7. The second kappa shape index (κ2) is 30.7. The lowest BCUT2D eigenvalue weighted by Gasteiger charge is -2.41. The van der Waals surface area contributed by atoms with Crippen LogP contribution >= 0.6 is 0 Å². The molecule has 126 heavy (non-hydrogen) atoms. The number of hydrogen-bond donors (Lipinski definition) is 0. The third kappa shape index (κ3) is 15.6. The predicted octanol–water partition coefficient (Wildman–Crippen LogP) is 26.3. The molecule has 14 aromatic rings. The number of ether oxygens (including phenoxy) is 3. The Morgan fingerprint density at radius 2 is 0.683 bits per heavy atom. The van der Waals surface area contributed by atoms with Gasteiger partial charge in [0, 0.05) is 51.2 Å². The number of benzene rings is 14. The number of rotatable bonds is 5. The Bertz CT molecular complexity index is 8050. The zero-order valence-corrected chi connectivity index (χ0v) is 77.1. The molecule has 14 aromatic carbocycles. The van der Waals surface area contributed by atoms with Crippen molar-refractivity contribution in [3.8, 4) is 56.8 Å². The minimum absolute atomic E-state index is 0.00849. The molecule has 0 saturated heterocycles. The van der Waals surface area contributed by atoms with Crippen molar-refractivity contribution >= 4 is 120 Å². The van der Waals surface area contributed by atoms with Crippen molar-refractivity contribution in [2.24, 2.45) is 0 Å². The van der Waals surface area contributed by atoms with E-state index in [2.05, 4.69) is 193 Å². The monoisotopic (exact) mass is 1670 g/mol. The van der Waals surface area contributed by atoms with Crippen LogP contribution in [-0.2, 0) is 43.3 Å². The average molecular weight is 1670 g/mol. The quantitative estimate of drug-likeness (QED) is 0.160. The third-order valence-corrected chi connectivity index (χ3v) is 24.7. The Balaban J connectivity index is 0.000000147. The van der Waals surface area contributed by atoms with Crippen molar-refractivity contribution in [2.75, 3.05) is 14.7 Å². The van der Waals surface area contributed by atoms with Gasteiger partial charge >= 0.3 is 0 Å². The fourth-order valence-corrected chi connectivity index (χ4v) is 17.5. The zero-order valence-electron chi connectivity index (χ0n) is 101. The summed E-state index contributed by atoms with van der Waals surface area (Å²) in [5, 5.41) is 0. The molecule has 0 aliphatic carbocycles. The van der Waals surface area contributed by atoms with E-state index in [4.69, 9.17) is 34.8 Å². The lowest BCUT2D eigenvalue weighted by atomic mass is 9.33. The first kappa shape index (κ1) is 60.7. The van der Waals surface area contributed by atoms with E-state index in [9.17, 15) is 12.3 Å². The Morgan fingerprint density at radius 3 is 1.25 bits per heavy atom. The number of hydrogen-bond acceptors (Lipinski definition) is 6. The average Bonchev–Trinajstić information content (AvgIpc) is 0.672. The molecule has 0 amide bonds. The number of fused-ring (bicyclic) bond motifs is 12. The molecule has 6 aliphatic heterocycles. The van der Waals surface area contributed by atoms with E-state index in [1.165, 1.54) is 33.9 Å². The molecule has 20 rings (SSSR count). The van der Waals surface area contributed by atoms with Crippen LogP contribution in [-0.4, -0.2) is 20.1 Å². The van der Waals surface area contributed by atoms with E-state index < -0.39 is 71.3 Å². The molecule has 0 aromatic heterocycles. The molecular weight excluding hydrogens is 1530 g/mol. The fourth-order valence-electron chi connectivity index (χ4n) is 17.5. The molecule has 9 heteroatoms. The van der Waals surface area contributed by atoms with Crippen molar-refractivity contribution in [3.05, 3.63) is 335 Å². The second-order valence-electron chi connectivity index (χ2n) is 42.4. The standard InChI is InChI=1S/C40H32BNO.C40H48BNO.C37H42BNO/c1-40(2,3)31-20-23-33-38(26-31)43-37-16-10-15-36-39(37)41(33)34-25-30(28-13-8-5-9-14-28)19-24-35(34)42(36)32-21-17-29(18-22-32)27-11-6-4-7-12-27;1-37(2,3)25-17-19-34-31(23-25)41-30-18-16-26(38(4,5)6)24-33(30)42(32-14-13-15-35(43-34)36(32)41)29-21-27(39(7,8)9)20-28(22-29)40(10,11)12;1-23-19-31-34-33(20-23)40-32-18-14-26(37(8,9)10)22-29(32)38(34)28-21-25(36(5,6)7)13-17-30(28)39(31)27-15-11-24(12-16-27)35(2,3)4/h4-26H,1-3H3;13-24H,1-12H3;11-22H,1-10H3/i4D,5D,6D,7D,8D,9D,11D,12D,13D,14D;21D,22D;11D,12D,13D,14D,15D,16D,17D,18D,19D,20D,21D,22D. The van der Waals surface area contributed by atoms with Crippen LogP contribution in [0.5, 0.6) is 34.5 Å². The van der Waals surface area contributed by atoms with Crippen molar-refractivity contribution in [1.82, 2.24) is 0 Å². The third-order valence-electron chi connectivity index (χ3n) is 24.7. The van der Waals surface area contributed by atoms with Gasteiger partial charge in [-0.3, -0.25) is 0 Å². The molecule has 0 spiro atoms. The lowest BCUT2D eigenvalue weighted by molar-refractivity contribution is 0.483. The van der Waals surface area contributed by atoms with Gasteiger partial charge in [0.25, 0.3) is 20.1 Å². The Labute approximate surface area is 786 Å². The summed E-state index contributed by atoms with van der Waals surface area (Å²) >= 11 is 0. The van der Waals surface area contributed by atoms with Crippen molar-refractivity contribution in [2.45, 2.75) is 216 Å². The van der Waals surface area contributed by atoms with E-state index in [0.29, 0.717) is 34.6 Å². The molecule has 0 radical (unpaired) electrons.